The minimum absolute atomic E-state index is 0.304. The van der Waals surface area contributed by atoms with Gasteiger partial charge in [-0.15, -0.1) is 0 Å². The fraction of sp³-hybridized carbons (Fsp3) is 0.571. The number of hydrogen-bond acceptors (Lipinski definition) is 3. The Balaban J connectivity index is 2.59. The van der Waals surface area contributed by atoms with Crippen molar-refractivity contribution in [2.45, 2.75) is 26.3 Å². The van der Waals surface area contributed by atoms with Crippen LogP contribution in [0.3, 0.4) is 0 Å². The van der Waals surface area contributed by atoms with Gasteiger partial charge in [0.15, 0.2) is 0 Å². The highest BCUT2D eigenvalue weighted by atomic mass is 79.9. The van der Waals surface area contributed by atoms with Crippen LogP contribution in [-0.2, 0) is 0 Å². The van der Waals surface area contributed by atoms with E-state index in [4.69, 9.17) is 4.74 Å². The van der Waals surface area contributed by atoms with Crippen LogP contribution in [0.25, 0.3) is 0 Å². The van der Waals surface area contributed by atoms with Crippen LogP contribution in [0.15, 0.2) is 22.7 Å². The van der Waals surface area contributed by atoms with Crippen LogP contribution in [0.2, 0.25) is 0 Å². The molecule has 4 heteroatoms. The van der Waals surface area contributed by atoms with E-state index in [0.717, 1.165) is 23.2 Å². The Bertz CT molecular complexity index is 360. The molecule has 0 aliphatic carbocycles. The van der Waals surface area contributed by atoms with Crippen LogP contribution in [0.5, 0.6) is 5.75 Å². The Morgan fingerprint density at radius 3 is 2.89 bits per heavy atom. The van der Waals surface area contributed by atoms with E-state index in [2.05, 4.69) is 53.3 Å². The monoisotopic (exact) mass is 331 g/mol. The molecule has 2 nitrogen and oxygen atoms in total. The second-order valence-corrected chi connectivity index (χ2v) is 6.40. The van der Waals surface area contributed by atoms with E-state index < -0.39 is 0 Å². The Hall–Kier alpha value is -0.190. The van der Waals surface area contributed by atoms with Crippen LogP contribution >= 0.6 is 27.7 Å². The molecule has 0 aromatic heterocycles. The summed E-state index contributed by atoms with van der Waals surface area (Å²) in [5.41, 5.74) is 1.21. The zero-order valence-corrected chi connectivity index (χ0v) is 13.7. The third-order valence-electron chi connectivity index (χ3n) is 2.77. The molecule has 18 heavy (non-hydrogen) atoms. The van der Waals surface area contributed by atoms with Crippen LogP contribution in [-0.4, -0.2) is 25.2 Å². The molecule has 0 saturated carbocycles. The summed E-state index contributed by atoms with van der Waals surface area (Å²) in [6.45, 7) is 5.11. The van der Waals surface area contributed by atoms with Gasteiger partial charge in [0.1, 0.15) is 5.75 Å². The second kappa shape index (κ2) is 8.83. The number of rotatable bonds is 8. The highest BCUT2D eigenvalue weighted by Crippen LogP contribution is 2.28. The first-order chi connectivity index (χ1) is 8.69. The number of ether oxygens (including phenoxy) is 1. The summed E-state index contributed by atoms with van der Waals surface area (Å²) >= 11 is 5.46. The SMILES string of the molecule is CCSCCCOc1cc(Br)ccc1C(C)NC. The van der Waals surface area contributed by atoms with Crippen LogP contribution < -0.4 is 10.1 Å². The molecule has 0 bridgehead atoms. The van der Waals surface area contributed by atoms with Crippen molar-refractivity contribution in [3.63, 3.8) is 0 Å². The summed E-state index contributed by atoms with van der Waals surface area (Å²) in [6.07, 6.45) is 1.10. The van der Waals surface area contributed by atoms with Gasteiger partial charge in [0.05, 0.1) is 6.61 Å². The van der Waals surface area contributed by atoms with Crippen LogP contribution in [0, 0.1) is 0 Å². The summed E-state index contributed by atoms with van der Waals surface area (Å²) in [5, 5.41) is 3.25. The molecule has 1 atom stereocenters. The minimum atomic E-state index is 0.304. The molecule has 0 heterocycles. The number of thioether (sulfide) groups is 1. The molecule has 1 aromatic rings. The van der Waals surface area contributed by atoms with Gasteiger partial charge in [0, 0.05) is 16.1 Å². The molecule has 1 aromatic carbocycles. The molecule has 102 valence electrons. The van der Waals surface area contributed by atoms with Crippen molar-refractivity contribution in [2.75, 3.05) is 25.2 Å². The number of nitrogens with one attached hydrogen (secondary N) is 1. The molecular weight excluding hydrogens is 310 g/mol. The van der Waals surface area contributed by atoms with Gasteiger partial charge in [-0.1, -0.05) is 28.9 Å². The Kier molecular flexibility index (Phi) is 7.79. The zero-order valence-electron chi connectivity index (χ0n) is 11.3. The second-order valence-electron chi connectivity index (χ2n) is 4.09. The number of benzene rings is 1. The van der Waals surface area contributed by atoms with Crippen molar-refractivity contribution < 1.29 is 4.74 Å². The van der Waals surface area contributed by atoms with Crippen molar-refractivity contribution in [3.05, 3.63) is 28.2 Å². The zero-order chi connectivity index (χ0) is 13.4. The van der Waals surface area contributed by atoms with Gasteiger partial charge in [0.25, 0.3) is 0 Å². The molecule has 1 rings (SSSR count). The summed E-state index contributed by atoms with van der Waals surface area (Å²) in [5.74, 6) is 3.33. The fourth-order valence-electron chi connectivity index (χ4n) is 1.63. The third kappa shape index (κ3) is 5.21. The summed E-state index contributed by atoms with van der Waals surface area (Å²) in [6, 6.07) is 6.53. The van der Waals surface area contributed by atoms with E-state index in [-0.39, 0.29) is 0 Å². The molecule has 0 radical (unpaired) electrons. The summed E-state index contributed by atoms with van der Waals surface area (Å²) in [4.78, 5) is 0. The molecule has 1 N–H and O–H groups in total. The average Bonchev–Trinajstić information content (AvgIpc) is 2.38. The maximum Gasteiger partial charge on any atom is 0.125 e. The molecule has 0 amide bonds. The lowest BCUT2D eigenvalue weighted by atomic mass is 10.1. The van der Waals surface area contributed by atoms with Crippen molar-refractivity contribution in [1.29, 1.82) is 0 Å². The summed E-state index contributed by atoms with van der Waals surface area (Å²) in [7, 11) is 1.97. The van der Waals surface area contributed by atoms with E-state index in [1.807, 2.05) is 18.8 Å². The maximum atomic E-state index is 5.90. The average molecular weight is 332 g/mol. The molecule has 1 unspecified atom stereocenters. The lowest BCUT2D eigenvalue weighted by Gasteiger charge is -2.17. The van der Waals surface area contributed by atoms with Gasteiger partial charge < -0.3 is 10.1 Å². The maximum absolute atomic E-state index is 5.90. The predicted molar refractivity (Wildman–Crippen MR) is 84.7 cm³/mol. The van der Waals surface area contributed by atoms with E-state index >= 15 is 0 Å². The fourth-order valence-corrected chi connectivity index (χ4v) is 2.58. The van der Waals surface area contributed by atoms with Crippen molar-refractivity contribution >= 4 is 27.7 Å². The van der Waals surface area contributed by atoms with Crippen molar-refractivity contribution in [2.24, 2.45) is 0 Å². The lowest BCUT2D eigenvalue weighted by molar-refractivity contribution is 0.312. The van der Waals surface area contributed by atoms with Gasteiger partial charge in [0.2, 0.25) is 0 Å². The van der Waals surface area contributed by atoms with E-state index in [1.54, 1.807) is 0 Å². The first kappa shape index (κ1) is 15.9. The Labute approximate surface area is 123 Å². The van der Waals surface area contributed by atoms with Gasteiger partial charge in [-0.05, 0) is 44.0 Å². The van der Waals surface area contributed by atoms with E-state index in [1.165, 1.54) is 17.1 Å². The van der Waals surface area contributed by atoms with Gasteiger partial charge >= 0.3 is 0 Å². The molecule has 0 aliphatic heterocycles. The van der Waals surface area contributed by atoms with Gasteiger partial charge in [-0.25, -0.2) is 0 Å². The Morgan fingerprint density at radius 1 is 1.44 bits per heavy atom. The van der Waals surface area contributed by atoms with Gasteiger partial charge in [-0.3, -0.25) is 0 Å². The predicted octanol–water partition coefficient (Wildman–Crippen LogP) is 4.25. The normalized spacial score (nSPS) is 12.4. The Morgan fingerprint density at radius 2 is 2.22 bits per heavy atom. The van der Waals surface area contributed by atoms with Crippen molar-refractivity contribution in [1.82, 2.24) is 5.32 Å². The molecular formula is C14H22BrNOS. The molecule has 0 saturated heterocycles. The van der Waals surface area contributed by atoms with Crippen molar-refractivity contribution in [3.8, 4) is 5.75 Å². The quantitative estimate of drug-likeness (QED) is 0.719. The smallest absolute Gasteiger partial charge is 0.125 e. The van der Waals surface area contributed by atoms with Crippen LogP contribution in [0.1, 0.15) is 31.9 Å². The molecule has 0 fully saturated rings. The van der Waals surface area contributed by atoms with E-state index in [0.29, 0.717) is 6.04 Å². The molecule has 0 spiro atoms. The highest BCUT2D eigenvalue weighted by Gasteiger charge is 2.10. The largest absolute Gasteiger partial charge is 0.493 e. The lowest BCUT2D eigenvalue weighted by Crippen LogP contribution is -2.14. The van der Waals surface area contributed by atoms with Crippen LogP contribution in [0.4, 0.5) is 0 Å². The summed E-state index contributed by atoms with van der Waals surface area (Å²) < 4.78 is 6.97. The first-order valence-electron chi connectivity index (χ1n) is 6.36. The third-order valence-corrected chi connectivity index (χ3v) is 4.25. The standard InChI is InChI=1S/C14H22BrNOS/c1-4-18-9-5-8-17-14-10-12(15)6-7-13(14)11(2)16-3/h6-7,10-11,16H,4-5,8-9H2,1-3H3. The molecule has 0 aliphatic rings. The minimum Gasteiger partial charge on any atom is -0.493 e. The number of hydrogen-bond donors (Lipinski definition) is 1. The van der Waals surface area contributed by atoms with Gasteiger partial charge in [-0.2, -0.15) is 11.8 Å². The first-order valence-corrected chi connectivity index (χ1v) is 8.31. The highest BCUT2D eigenvalue weighted by molar-refractivity contribution is 9.10. The topological polar surface area (TPSA) is 21.3 Å². The number of halogens is 1. The van der Waals surface area contributed by atoms with E-state index in [9.17, 15) is 0 Å².